The van der Waals surface area contributed by atoms with Gasteiger partial charge in [-0.2, -0.15) is 0 Å². The molecule has 29 heavy (non-hydrogen) atoms. The summed E-state index contributed by atoms with van der Waals surface area (Å²) < 4.78 is 6.82. The lowest BCUT2D eigenvalue weighted by molar-refractivity contribution is -0.119. The highest BCUT2D eigenvalue weighted by atomic mass is 32.2. The van der Waals surface area contributed by atoms with Crippen LogP contribution < -0.4 is 10.9 Å². The van der Waals surface area contributed by atoms with Crippen LogP contribution in [0.2, 0.25) is 0 Å². The standard InChI is InChI=1S/C21H19N3O4S/c1-29-17-6-3-2-5-15(17)23-19(25)12-28-21(27)13-8-9-14-16(11-13)22-18-7-4-10-24(18)20(14)26/h2-3,5-6,8-9,11H,4,7,10,12H2,1H3,(H,23,25). The van der Waals surface area contributed by atoms with Crippen LogP contribution in [0.25, 0.3) is 10.9 Å². The number of para-hydroxylation sites is 1. The van der Waals surface area contributed by atoms with E-state index in [1.807, 2.05) is 24.5 Å². The van der Waals surface area contributed by atoms with Crippen LogP contribution in [0, 0.1) is 0 Å². The molecule has 7 nitrogen and oxygen atoms in total. The highest BCUT2D eigenvalue weighted by Gasteiger charge is 2.18. The maximum Gasteiger partial charge on any atom is 0.338 e. The van der Waals surface area contributed by atoms with Gasteiger partial charge >= 0.3 is 5.97 Å². The number of aromatic nitrogens is 2. The van der Waals surface area contributed by atoms with Crippen molar-refractivity contribution in [1.82, 2.24) is 9.55 Å². The Morgan fingerprint density at radius 3 is 2.90 bits per heavy atom. The number of aryl methyl sites for hydroxylation is 1. The van der Waals surface area contributed by atoms with Gasteiger partial charge < -0.3 is 10.1 Å². The van der Waals surface area contributed by atoms with E-state index in [-0.39, 0.29) is 11.1 Å². The molecule has 1 amide bonds. The molecule has 1 N–H and O–H groups in total. The minimum atomic E-state index is -0.636. The Morgan fingerprint density at radius 2 is 2.07 bits per heavy atom. The Hall–Kier alpha value is -3.13. The fourth-order valence-corrected chi connectivity index (χ4v) is 3.91. The third-order valence-corrected chi connectivity index (χ3v) is 5.56. The van der Waals surface area contributed by atoms with E-state index in [0.29, 0.717) is 23.1 Å². The van der Waals surface area contributed by atoms with Crippen molar-refractivity contribution < 1.29 is 14.3 Å². The predicted octanol–water partition coefficient (Wildman–Crippen LogP) is 2.86. The van der Waals surface area contributed by atoms with Gasteiger partial charge in [-0.3, -0.25) is 14.2 Å². The van der Waals surface area contributed by atoms with Crippen LogP contribution in [-0.4, -0.2) is 34.3 Å². The van der Waals surface area contributed by atoms with Crippen LogP contribution >= 0.6 is 11.8 Å². The molecule has 0 fully saturated rings. The largest absolute Gasteiger partial charge is 0.452 e. The van der Waals surface area contributed by atoms with Gasteiger partial charge in [0.1, 0.15) is 5.82 Å². The number of benzene rings is 2. The van der Waals surface area contributed by atoms with Crippen molar-refractivity contribution in [2.75, 3.05) is 18.2 Å². The monoisotopic (exact) mass is 409 g/mol. The molecule has 0 bridgehead atoms. The Balaban J connectivity index is 1.46. The second kappa shape index (κ2) is 8.08. The highest BCUT2D eigenvalue weighted by molar-refractivity contribution is 7.98. The fourth-order valence-electron chi connectivity index (χ4n) is 3.36. The van der Waals surface area contributed by atoms with Crippen LogP contribution in [0.15, 0.2) is 52.2 Å². The van der Waals surface area contributed by atoms with E-state index in [4.69, 9.17) is 4.74 Å². The summed E-state index contributed by atoms with van der Waals surface area (Å²) in [6, 6.07) is 12.0. The molecule has 0 spiro atoms. The van der Waals surface area contributed by atoms with Gasteiger partial charge in [-0.15, -0.1) is 11.8 Å². The normalized spacial score (nSPS) is 12.6. The van der Waals surface area contributed by atoms with Crippen LogP contribution in [0.3, 0.4) is 0 Å². The van der Waals surface area contributed by atoms with Crippen LogP contribution in [0.4, 0.5) is 5.69 Å². The smallest absolute Gasteiger partial charge is 0.338 e. The SMILES string of the molecule is CSc1ccccc1NC(=O)COC(=O)c1ccc2c(=O)n3c(nc2c1)CCC3. The van der Waals surface area contributed by atoms with Gasteiger partial charge in [0.2, 0.25) is 0 Å². The third-order valence-electron chi connectivity index (χ3n) is 4.77. The molecule has 0 saturated carbocycles. The summed E-state index contributed by atoms with van der Waals surface area (Å²) in [7, 11) is 0. The van der Waals surface area contributed by atoms with E-state index in [2.05, 4.69) is 10.3 Å². The van der Waals surface area contributed by atoms with Gasteiger partial charge in [0.15, 0.2) is 6.61 Å². The lowest BCUT2D eigenvalue weighted by Gasteiger charge is -2.10. The number of esters is 1. The second-order valence-corrected chi connectivity index (χ2v) is 7.49. The first-order chi connectivity index (χ1) is 14.1. The van der Waals surface area contributed by atoms with E-state index in [9.17, 15) is 14.4 Å². The molecule has 4 rings (SSSR count). The van der Waals surface area contributed by atoms with Crippen molar-refractivity contribution in [1.29, 1.82) is 0 Å². The molecule has 8 heteroatoms. The van der Waals surface area contributed by atoms with E-state index >= 15 is 0 Å². The van der Waals surface area contributed by atoms with Crippen LogP contribution in [0.5, 0.6) is 0 Å². The summed E-state index contributed by atoms with van der Waals surface area (Å²) in [6.07, 6.45) is 3.56. The molecule has 2 aromatic carbocycles. The van der Waals surface area contributed by atoms with E-state index in [1.54, 1.807) is 22.8 Å². The Labute approximate surface area is 171 Å². The summed E-state index contributed by atoms with van der Waals surface area (Å²) in [5, 5.41) is 3.21. The molecule has 0 radical (unpaired) electrons. The van der Waals surface area contributed by atoms with Gasteiger partial charge in [-0.05, 0) is 43.0 Å². The maximum absolute atomic E-state index is 12.5. The number of thioether (sulfide) groups is 1. The van der Waals surface area contributed by atoms with Gasteiger partial charge in [0, 0.05) is 17.9 Å². The van der Waals surface area contributed by atoms with Gasteiger partial charge in [-0.1, -0.05) is 12.1 Å². The Bertz CT molecular complexity index is 1170. The molecule has 1 aromatic heterocycles. The quantitative estimate of drug-likeness (QED) is 0.515. The van der Waals surface area contributed by atoms with Crippen molar-refractivity contribution >= 4 is 40.2 Å². The molecule has 0 aliphatic carbocycles. The minimum absolute atomic E-state index is 0.0887. The Morgan fingerprint density at radius 1 is 1.24 bits per heavy atom. The Kier molecular flexibility index (Phi) is 5.35. The first-order valence-corrected chi connectivity index (χ1v) is 10.4. The first-order valence-electron chi connectivity index (χ1n) is 9.20. The molecule has 0 atom stereocenters. The van der Waals surface area contributed by atoms with Gasteiger partial charge in [-0.25, -0.2) is 9.78 Å². The van der Waals surface area contributed by atoms with Crippen molar-refractivity contribution in [3.63, 3.8) is 0 Å². The van der Waals surface area contributed by atoms with Crippen molar-refractivity contribution in [3.05, 3.63) is 64.2 Å². The highest BCUT2D eigenvalue weighted by Crippen LogP contribution is 2.24. The van der Waals surface area contributed by atoms with E-state index < -0.39 is 18.5 Å². The zero-order valence-corrected chi connectivity index (χ0v) is 16.6. The van der Waals surface area contributed by atoms with Crippen LogP contribution in [-0.2, 0) is 22.5 Å². The zero-order valence-electron chi connectivity index (χ0n) is 15.8. The number of nitrogens with one attached hydrogen (secondary N) is 1. The number of hydrogen-bond donors (Lipinski definition) is 1. The van der Waals surface area contributed by atoms with Crippen molar-refractivity contribution in [2.24, 2.45) is 0 Å². The number of anilines is 1. The number of carbonyl (C=O) groups excluding carboxylic acids is 2. The summed E-state index contributed by atoms with van der Waals surface area (Å²) in [5.41, 5.74) is 1.31. The minimum Gasteiger partial charge on any atom is -0.452 e. The van der Waals surface area contributed by atoms with E-state index in [0.717, 1.165) is 23.6 Å². The molecule has 2 heterocycles. The second-order valence-electron chi connectivity index (χ2n) is 6.64. The van der Waals surface area contributed by atoms with E-state index in [1.165, 1.54) is 17.8 Å². The number of rotatable bonds is 5. The number of hydrogen-bond acceptors (Lipinski definition) is 6. The number of carbonyl (C=O) groups is 2. The molecule has 1 aliphatic rings. The van der Waals surface area contributed by atoms with Crippen LogP contribution in [0.1, 0.15) is 22.6 Å². The molecule has 1 aliphatic heterocycles. The molecule has 148 valence electrons. The summed E-state index contributed by atoms with van der Waals surface area (Å²) in [5.74, 6) is -0.322. The third kappa shape index (κ3) is 3.88. The molecule has 0 unspecified atom stereocenters. The predicted molar refractivity (Wildman–Crippen MR) is 111 cm³/mol. The van der Waals surface area contributed by atoms with Crippen molar-refractivity contribution in [2.45, 2.75) is 24.3 Å². The number of nitrogens with zero attached hydrogens (tertiary/aromatic N) is 2. The average Bonchev–Trinajstić information content (AvgIpc) is 3.21. The first kappa shape index (κ1) is 19.2. The van der Waals surface area contributed by atoms with Gasteiger partial charge in [0.25, 0.3) is 11.5 Å². The average molecular weight is 409 g/mol. The number of fused-ring (bicyclic) bond motifs is 2. The number of ether oxygens (including phenoxy) is 1. The lowest BCUT2D eigenvalue weighted by Crippen LogP contribution is -2.22. The summed E-state index contributed by atoms with van der Waals surface area (Å²) >= 11 is 1.51. The molecular formula is C21H19N3O4S. The maximum atomic E-state index is 12.5. The summed E-state index contributed by atoms with van der Waals surface area (Å²) in [6.45, 7) is 0.273. The zero-order chi connectivity index (χ0) is 20.4. The molecular weight excluding hydrogens is 390 g/mol. The fraction of sp³-hybridized carbons (Fsp3) is 0.238. The topological polar surface area (TPSA) is 90.3 Å². The lowest BCUT2D eigenvalue weighted by atomic mass is 10.1. The van der Waals surface area contributed by atoms with Gasteiger partial charge in [0.05, 0.1) is 22.2 Å². The molecule has 0 saturated heterocycles. The van der Waals surface area contributed by atoms with Crippen molar-refractivity contribution in [3.8, 4) is 0 Å². The molecule has 3 aromatic rings. The summed E-state index contributed by atoms with van der Waals surface area (Å²) in [4.78, 5) is 42.4. The number of amides is 1.